The summed E-state index contributed by atoms with van der Waals surface area (Å²) < 4.78 is 6.20. The zero-order valence-electron chi connectivity index (χ0n) is 11.8. The zero-order chi connectivity index (χ0) is 12.9. The first kappa shape index (κ1) is 15.5. The molecule has 0 unspecified atom stereocenters. The maximum absolute atomic E-state index is 6.20. The lowest BCUT2D eigenvalue weighted by atomic mass is 10.1. The summed E-state index contributed by atoms with van der Waals surface area (Å²) in [6, 6.07) is 0. The Hall–Kier alpha value is -0.523. The molecule has 0 heterocycles. The Balaban J connectivity index is 4.68. The number of hydrogen-bond acceptors (Lipinski definition) is 1. The largest absolute Gasteiger partial charge is 0.401 e. The van der Waals surface area contributed by atoms with E-state index in [1.54, 1.807) is 0 Å². The molecule has 0 fully saturated rings. The van der Waals surface area contributed by atoms with Gasteiger partial charge in [0.2, 0.25) is 9.04 Å². The van der Waals surface area contributed by atoms with E-state index in [4.69, 9.17) is 4.43 Å². The molecule has 91 valence electrons. The molecule has 0 saturated carbocycles. The number of hydrogen-bond donors (Lipinski definition) is 0. The fraction of sp³-hybridized carbons (Fsp3) is 0.714. The molecule has 0 spiro atoms. The molecule has 1 nitrogen and oxygen atoms in total. The highest BCUT2D eigenvalue weighted by molar-refractivity contribution is 6.55. The van der Waals surface area contributed by atoms with E-state index in [0.29, 0.717) is 11.1 Å². The van der Waals surface area contributed by atoms with E-state index < -0.39 is 9.04 Å². The van der Waals surface area contributed by atoms with E-state index in [-0.39, 0.29) is 5.60 Å². The van der Waals surface area contributed by atoms with Crippen LogP contribution in [0.4, 0.5) is 0 Å². The minimum atomic E-state index is -0.815. The van der Waals surface area contributed by atoms with Gasteiger partial charge in [0.15, 0.2) is 0 Å². The van der Waals surface area contributed by atoms with Crippen molar-refractivity contribution in [3.8, 4) is 11.8 Å². The average Bonchev–Trinajstić information content (AvgIpc) is 2.10. The molecule has 0 bridgehead atoms. The van der Waals surface area contributed by atoms with Crippen LogP contribution in [0.3, 0.4) is 0 Å². The molecule has 0 rings (SSSR count). The van der Waals surface area contributed by atoms with Gasteiger partial charge in [-0.2, -0.15) is 0 Å². The molecule has 16 heavy (non-hydrogen) atoms. The second-order valence-electron chi connectivity index (χ2n) is 5.35. The van der Waals surface area contributed by atoms with Gasteiger partial charge >= 0.3 is 0 Å². The van der Waals surface area contributed by atoms with Crippen molar-refractivity contribution in [3.05, 3.63) is 12.2 Å². The fourth-order valence-corrected chi connectivity index (χ4v) is 3.92. The van der Waals surface area contributed by atoms with Crippen molar-refractivity contribution in [1.29, 1.82) is 0 Å². The van der Waals surface area contributed by atoms with Crippen molar-refractivity contribution in [2.45, 2.75) is 65.1 Å². The van der Waals surface area contributed by atoms with Crippen molar-refractivity contribution in [2.75, 3.05) is 0 Å². The van der Waals surface area contributed by atoms with Crippen molar-refractivity contribution in [3.63, 3.8) is 0 Å². The summed E-state index contributed by atoms with van der Waals surface area (Å²) in [4.78, 5) is 0. The van der Waals surface area contributed by atoms with Gasteiger partial charge in [0.1, 0.15) is 5.60 Å². The SMILES string of the molecule is C=C(C)C#CC(C)(C)O[Si](C(C)C)C(C)C. The predicted molar refractivity (Wildman–Crippen MR) is 73.7 cm³/mol. The van der Waals surface area contributed by atoms with Crippen molar-refractivity contribution >= 4 is 9.04 Å². The molecule has 0 saturated heterocycles. The van der Waals surface area contributed by atoms with Crippen molar-refractivity contribution in [2.24, 2.45) is 0 Å². The molecule has 1 radical (unpaired) electrons. The molecule has 0 aromatic carbocycles. The molecule has 0 aromatic rings. The van der Waals surface area contributed by atoms with Gasteiger partial charge in [-0.3, -0.25) is 0 Å². The second kappa shape index (κ2) is 6.27. The molecular weight excluding hydrogens is 212 g/mol. The van der Waals surface area contributed by atoms with Gasteiger partial charge < -0.3 is 4.43 Å². The molecule has 0 aliphatic rings. The van der Waals surface area contributed by atoms with E-state index in [1.807, 2.05) is 20.8 Å². The lowest BCUT2D eigenvalue weighted by Crippen LogP contribution is -2.36. The molecule has 0 aliphatic carbocycles. The van der Waals surface area contributed by atoms with Crippen LogP contribution in [0, 0.1) is 11.8 Å². The summed E-state index contributed by atoms with van der Waals surface area (Å²) >= 11 is 0. The Kier molecular flexibility index (Phi) is 6.07. The summed E-state index contributed by atoms with van der Waals surface area (Å²) in [6.07, 6.45) is 0. The zero-order valence-corrected chi connectivity index (χ0v) is 12.8. The Morgan fingerprint density at radius 2 is 1.62 bits per heavy atom. The minimum absolute atomic E-state index is 0.359. The maximum atomic E-state index is 6.20. The molecule has 0 atom stereocenters. The van der Waals surface area contributed by atoms with Crippen LogP contribution in [0.5, 0.6) is 0 Å². The van der Waals surface area contributed by atoms with Gasteiger partial charge in [-0.25, -0.2) is 0 Å². The third-order valence-corrected chi connectivity index (χ3v) is 5.11. The normalized spacial score (nSPS) is 11.9. The molecule has 0 aliphatic heterocycles. The predicted octanol–water partition coefficient (Wildman–Crippen LogP) is 4.17. The highest BCUT2D eigenvalue weighted by atomic mass is 28.3. The summed E-state index contributed by atoms with van der Waals surface area (Å²) in [5, 5.41) is 0. The van der Waals surface area contributed by atoms with Gasteiger partial charge in [0, 0.05) is 0 Å². The molecule has 0 N–H and O–H groups in total. The third kappa shape index (κ3) is 6.15. The Morgan fingerprint density at radius 1 is 1.19 bits per heavy atom. The van der Waals surface area contributed by atoms with Gasteiger partial charge in [0.25, 0.3) is 0 Å². The van der Waals surface area contributed by atoms with Gasteiger partial charge in [-0.05, 0) is 37.4 Å². The maximum Gasteiger partial charge on any atom is 0.218 e. The molecular formula is C14H25OSi. The summed E-state index contributed by atoms with van der Waals surface area (Å²) in [5.41, 5.74) is 1.74. The quantitative estimate of drug-likeness (QED) is 0.526. The van der Waals surface area contributed by atoms with Crippen LogP contribution in [0.2, 0.25) is 11.1 Å². The lowest BCUT2D eigenvalue weighted by Gasteiger charge is -2.30. The van der Waals surface area contributed by atoms with Crippen molar-refractivity contribution < 1.29 is 4.43 Å². The topological polar surface area (TPSA) is 9.23 Å². The smallest absolute Gasteiger partial charge is 0.218 e. The standard InChI is InChI=1S/C14H25OSi/c1-11(2)9-10-14(7,8)15-16(12(3)4)13(5)6/h12-13H,1H2,2-8H3. The highest BCUT2D eigenvalue weighted by Gasteiger charge is 2.28. The first-order valence-corrected chi connectivity index (χ1v) is 7.46. The van der Waals surface area contributed by atoms with Gasteiger partial charge in [-0.15, -0.1) is 0 Å². The van der Waals surface area contributed by atoms with Crippen LogP contribution in [0.1, 0.15) is 48.5 Å². The first-order chi connectivity index (χ1) is 7.15. The van der Waals surface area contributed by atoms with Crippen LogP contribution in [-0.4, -0.2) is 14.6 Å². The Morgan fingerprint density at radius 3 is 1.94 bits per heavy atom. The number of rotatable bonds is 4. The average molecular weight is 237 g/mol. The Bertz CT molecular complexity index is 284. The van der Waals surface area contributed by atoms with E-state index in [2.05, 4.69) is 46.1 Å². The van der Waals surface area contributed by atoms with E-state index in [9.17, 15) is 0 Å². The summed E-state index contributed by atoms with van der Waals surface area (Å²) in [7, 11) is -0.815. The third-order valence-electron chi connectivity index (χ3n) is 2.09. The van der Waals surface area contributed by atoms with Crippen molar-refractivity contribution in [1.82, 2.24) is 0 Å². The summed E-state index contributed by atoms with van der Waals surface area (Å²) in [6.45, 7) is 18.7. The molecule has 0 amide bonds. The Labute approximate surface area is 103 Å². The first-order valence-electron chi connectivity index (χ1n) is 5.90. The van der Waals surface area contributed by atoms with Crippen LogP contribution < -0.4 is 0 Å². The molecule has 2 heteroatoms. The number of allylic oxidation sites excluding steroid dienone is 1. The minimum Gasteiger partial charge on any atom is -0.401 e. The van der Waals surface area contributed by atoms with Gasteiger partial charge in [-0.1, -0.05) is 46.1 Å². The van der Waals surface area contributed by atoms with Crippen LogP contribution in [-0.2, 0) is 4.43 Å². The second-order valence-corrected chi connectivity index (χ2v) is 8.67. The van der Waals surface area contributed by atoms with Crippen LogP contribution in [0.15, 0.2) is 12.2 Å². The highest BCUT2D eigenvalue weighted by Crippen LogP contribution is 2.25. The monoisotopic (exact) mass is 237 g/mol. The van der Waals surface area contributed by atoms with E-state index in [1.165, 1.54) is 0 Å². The van der Waals surface area contributed by atoms with Gasteiger partial charge in [0.05, 0.1) is 0 Å². The van der Waals surface area contributed by atoms with E-state index in [0.717, 1.165) is 5.57 Å². The van der Waals surface area contributed by atoms with Crippen LogP contribution in [0.25, 0.3) is 0 Å². The van der Waals surface area contributed by atoms with E-state index >= 15 is 0 Å². The molecule has 0 aromatic heterocycles. The summed E-state index contributed by atoms with van der Waals surface area (Å²) in [5.74, 6) is 6.17. The fourth-order valence-electron chi connectivity index (χ4n) is 1.48. The van der Waals surface area contributed by atoms with Crippen LogP contribution >= 0.6 is 0 Å². The lowest BCUT2D eigenvalue weighted by molar-refractivity contribution is 0.164.